The molecule has 150 valence electrons. The van der Waals surface area contributed by atoms with Crippen molar-refractivity contribution < 1.29 is 18.0 Å². The van der Waals surface area contributed by atoms with E-state index in [4.69, 9.17) is 0 Å². The molecule has 0 spiro atoms. The number of hydrogen-bond donors (Lipinski definition) is 2. The number of amides is 2. The van der Waals surface area contributed by atoms with Gasteiger partial charge in [0.2, 0.25) is 15.9 Å². The van der Waals surface area contributed by atoms with Gasteiger partial charge in [0, 0.05) is 42.7 Å². The lowest BCUT2D eigenvalue weighted by Crippen LogP contribution is -2.35. The molecule has 1 aromatic heterocycles. The molecule has 1 aromatic carbocycles. The monoisotopic (exact) mass is 421 g/mol. The van der Waals surface area contributed by atoms with Crippen LogP contribution >= 0.6 is 11.3 Å². The van der Waals surface area contributed by atoms with Crippen molar-refractivity contribution in [1.82, 2.24) is 9.62 Å². The van der Waals surface area contributed by atoms with Crippen molar-refractivity contribution in [1.29, 1.82) is 0 Å². The molecular weight excluding hydrogens is 398 g/mol. The second kappa shape index (κ2) is 9.31. The van der Waals surface area contributed by atoms with Crippen molar-refractivity contribution in [2.45, 2.75) is 30.6 Å². The third-order valence-electron chi connectivity index (χ3n) is 4.51. The normalized spacial score (nSPS) is 15.1. The van der Waals surface area contributed by atoms with E-state index in [-0.39, 0.29) is 29.7 Å². The molecule has 0 saturated carbocycles. The molecule has 2 aromatic rings. The van der Waals surface area contributed by atoms with Crippen LogP contribution in [0.1, 0.15) is 36.0 Å². The van der Waals surface area contributed by atoms with E-state index < -0.39 is 10.0 Å². The molecule has 0 atom stereocenters. The number of sulfonamides is 1. The Labute approximate surface area is 168 Å². The first-order valence-electron chi connectivity index (χ1n) is 9.17. The predicted octanol–water partition coefficient (Wildman–Crippen LogP) is 2.68. The zero-order valence-electron chi connectivity index (χ0n) is 15.4. The quantitative estimate of drug-likeness (QED) is 0.718. The molecule has 0 unspecified atom stereocenters. The Hall–Kier alpha value is -2.23. The number of hydrogen-bond acceptors (Lipinski definition) is 5. The minimum Gasteiger partial charge on any atom is -0.351 e. The number of benzene rings is 1. The Morgan fingerprint density at radius 2 is 1.75 bits per heavy atom. The van der Waals surface area contributed by atoms with Crippen molar-refractivity contribution in [3.63, 3.8) is 0 Å². The number of thiophene rings is 1. The number of rotatable bonds is 7. The summed E-state index contributed by atoms with van der Waals surface area (Å²) in [5, 5.41) is 8.96. The third-order valence-corrected chi connectivity index (χ3v) is 7.11. The Kier molecular flexibility index (Phi) is 6.82. The van der Waals surface area contributed by atoms with E-state index in [0.717, 1.165) is 19.3 Å². The molecule has 0 radical (unpaired) electrons. The molecule has 1 fully saturated rings. The van der Waals surface area contributed by atoms with E-state index in [9.17, 15) is 18.0 Å². The molecule has 0 aliphatic carbocycles. The van der Waals surface area contributed by atoms with Gasteiger partial charge in [-0.15, -0.1) is 0 Å². The number of carbonyl (C=O) groups excluding carboxylic acids is 2. The summed E-state index contributed by atoms with van der Waals surface area (Å²) in [5.74, 6) is -0.460. The molecule has 0 bridgehead atoms. The highest BCUT2D eigenvalue weighted by atomic mass is 32.2. The fourth-order valence-corrected chi connectivity index (χ4v) is 5.13. The van der Waals surface area contributed by atoms with Crippen molar-refractivity contribution in [3.8, 4) is 0 Å². The van der Waals surface area contributed by atoms with Gasteiger partial charge in [0.15, 0.2) is 0 Å². The molecule has 2 amide bonds. The summed E-state index contributed by atoms with van der Waals surface area (Å²) >= 11 is 1.44. The van der Waals surface area contributed by atoms with Gasteiger partial charge in [0.25, 0.3) is 5.91 Å². The highest BCUT2D eigenvalue weighted by Gasteiger charge is 2.25. The first-order valence-corrected chi connectivity index (χ1v) is 11.6. The van der Waals surface area contributed by atoms with Crippen molar-refractivity contribution in [2.75, 3.05) is 25.0 Å². The third kappa shape index (κ3) is 5.18. The van der Waals surface area contributed by atoms with Gasteiger partial charge in [-0.1, -0.05) is 6.42 Å². The summed E-state index contributed by atoms with van der Waals surface area (Å²) in [6.45, 7) is 1.33. The maximum absolute atomic E-state index is 12.6. The Balaban J connectivity index is 1.49. The van der Waals surface area contributed by atoms with Gasteiger partial charge in [-0.05, 0) is 48.6 Å². The Bertz CT molecular complexity index is 903. The van der Waals surface area contributed by atoms with E-state index in [1.54, 1.807) is 23.6 Å². The van der Waals surface area contributed by atoms with Crippen molar-refractivity contribution >= 4 is 38.9 Å². The maximum atomic E-state index is 12.6. The zero-order chi connectivity index (χ0) is 20.0. The fraction of sp³-hybridized carbons (Fsp3) is 0.368. The molecule has 28 heavy (non-hydrogen) atoms. The van der Waals surface area contributed by atoms with E-state index in [2.05, 4.69) is 10.6 Å². The molecular formula is C19H23N3O4S2. The number of carbonyl (C=O) groups is 2. The molecule has 7 nitrogen and oxygen atoms in total. The van der Waals surface area contributed by atoms with Crippen LogP contribution in [-0.4, -0.2) is 44.2 Å². The zero-order valence-corrected chi connectivity index (χ0v) is 17.0. The van der Waals surface area contributed by atoms with Gasteiger partial charge < -0.3 is 10.6 Å². The molecule has 9 heteroatoms. The van der Waals surface area contributed by atoms with Crippen LogP contribution in [0.5, 0.6) is 0 Å². The number of nitrogens with one attached hydrogen (secondary N) is 2. The van der Waals surface area contributed by atoms with Crippen molar-refractivity contribution in [2.24, 2.45) is 0 Å². The van der Waals surface area contributed by atoms with Crippen LogP contribution in [0.15, 0.2) is 46.0 Å². The molecule has 1 aliphatic rings. The van der Waals surface area contributed by atoms with E-state index >= 15 is 0 Å². The minimum atomic E-state index is -3.48. The second-order valence-electron chi connectivity index (χ2n) is 6.56. The largest absolute Gasteiger partial charge is 0.351 e. The predicted molar refractivity (Wildman–Crippen MR) is 109 cm³/mol. The van der Waals surface area contributed by atoms with Crippen LogP contribution in [0, 0.1) is 0 Å². The van der Waals surface area contributed by atoms with Gasteiger partial charge in [-0.3, -0.25) is 9.59 Å². The van der Waals surface area contributed by atoms with Gasteiger partial charge in [-0.2, -0.15) is 15.6 Å². The van der Waals surface area contributed by atoms with E-state index in [1.165, 1.54) is 27.8 Å². The lowest BCUT2D eigenvalue weighted by atomic mass is 10.2. The number of anilines is 1. The lowest BCUT2D eigenvalue weighted by Gasteiger charge is -2.25. The average Bonchev–Trinajstić information content (AvgIpc) is 3.24. The van der Waals surface area contributed by atoms with Crippen LogP contribution in [-0.2, 0) is 14.8 Å². The summed E-state index contributed by atoms with van der Waals surface area (Å²) in [6, 6.07) is 7.91. The number of nitrogens with zero attached hydrogens (tertiary/aromatic N) is 1. The van der Waals surface area contributed by atoms with Gasteiger partial charge in [-0.25, -0.2) is 8.42 Å². The number of piperidine rings is 1. The van der Waals surface area contributed by atoms with Crippen LogP contribution in [0.2, 0.25) is 0 Å². The molecule has 2 N–H and O–H groups in total. The highest BCUT2D eigenvalue weighted by molar-refractivity contribution is 7.89. The standard InChI is InChI=1S/C19H23N3O4S2/c23-18(8-10-20-19(24)15-9-13-27-14-15)21-16-4-6-17(7-5-16)28(25,26)22-11-2-1-3-12-22/h4-7,9,13-14H,1-3,8,10-12H2,(H,20,24)(H,21,23). The Morgan fingerprint density at radius 1 is 1.04 bits per heavy atom. The smallest absolute Gasteiger partial charge is 0.252 e. The first-order chi connectivity index (χ1) is 13.5. The Morgan fingerprint density at radius 3 is 2.39 bits per heavy atom. The molecule has 1 saturated heterocycles. The van der Waals surface area contributed by atoms with Crippen LogP contribution < -0.4 is 10.6 Å². The summed E-state index contributed by atoms with van der Waals surface area (Å²) in [7, 11) is -3.48. The molecule has 3 rings (SSSR count). The van der Waals surface area contributed by atoms with E-state index in [1.807, 2.05) is 5.38 Å². The summed E-state index contributed by atoms with van der Waals surface area (Å²) in [6.07, 6.45) is 2.96. The summed E-state index contributed by atoms with van der Waals surface area (Å²) in [4.78, 5) is 24.1. The first kappa shape index (κ1) is 20.5. The lowest BCUT2D eigenvalue weighted by molar-refractivity contribution is -0.116. The topological polar surface area (TPSA) is 95.6 Å². The SMILES string of the molecule is O=C(CCNC(=O)c1ccsc1)Nc1ccc(S(=O)(=O)N2CCCCC2)cc1. The van der Waals surface area contributed by atoms with Gasteiger partial charge in [0.05, 0.1) is 4.90 Å². The maximum Gasteiger partial charge on any atom is 0.252 e. The highest BCUT2D eigenvalue weighted by Crippen LogP contribution is 2.22. The minimum absolute atomic E-state index is 0.129. The molecule has 1 aliphatic heterocycles. The fourth-order valence-electron chi connectivity index (χ4n) is 2.97. The summed E-state index contributed by atoms with van der Waals surface area (Å²) in [5.41, 5.74) is 1.10. The summed E-state index contributed by atoms with van der Waals surface area (Å²) < 4.78 is 26.8. The molecule has 2 heterocycles. The van der Waals surface area contributed by atoms with Gasteiger partial charge in [0.1, 0.15) is 0 Å². The van der Waals surface area contributed by atoms with Crippen LogP contribution in [0.3, 0.4) is 0 Å². The van der Waals surface area contributed by atoms with E-state index in [0.29, 0.717) is 24.3 Å². The average molecular weight is 422 g/mol. The second-order valence-corrected chi connectivity index (χ2v) is 9.27. The van der Waals surface area contributed by atoms with Crippen LogP contribution in [0.25, 0.3) is 0 Å². The van der Waals surface area contributed by atoms with Crippen LogP contribution in [0.4, 0.5) is 5.69 Å². The van der Waals surface area contributed by atoms with Gasteiger partial charge >= 0.3 is 0 Å². The van der Waals surface area contributed by atoms with Crippen molar-refractivity contribution in [3.05, 3.63) is 46.7 Å².